The van der Waals surface area contributed by atoms with Crippen LogP contribution in [-0.4, -0.2) is 16.5 Å². The zero-order valence-corrected chi connectivity index (χ0v) is 15.2. The van der Waals surface area contributed by atoms with E-state index in [-0.39, 0.29) is 10.8 Å². The van der Waals surface area contributed by atoms with Crippen LogP contribution in [0.5, 0.6) is 0 Å². The number of hydrogen-bond acceptors (Lipinski definition) is 2. The Bertz CT molecular complexity index is 574. The van der Waals surface area contributed by atoms with Gasteiger partial charge in [-0.15, -0.1) is 0 Å². The highest BCUT2D eigenvalue weighted by atomic mass is 16.3. The lowest BCUT2D eigenvalue weighted by Crippen LogP contribution is -2.55. The molecule has 7 atom stereocenters. The molecule has 0 aliphatic heterocycles. The van der Waals surface area contributed by atoms with Gasteiger partial charge in [-0.05, 0) is 86.0 Å². The molecule has 3 saturated carbocycles. The standard InChI is InChI=1S/C21H32O2/c1-13-11-14-12-15(22)5-8-19(14,2)16-6-9-20(3)17(18(13)16)7-10-21(20,4)23/h12-13,16-18,23H,5-11H2,1-4H3/t13-,16-,17-,18+,19-,20-,21+/m0/s1. The van der Waals surface area contributed by atoms with Crippen LogP contribution < -0.4 is 0 Å². The molecule has 4 rings (SSSR count). The molecule has 2 heteroatoms. The summed E-state index contributed by atoms with van der Waals surface area (Å²) in [5.74, 6) is 3.06. The van der Waals surface area contributed by atoms with E-state index in [0.29, 0.717) is 23.5 Å². The number of aliphatic hydroxyl groups is 1. The van der Waals surface area contributed by atoms with E-state index in [1.807, 2.05) is 6.08 Å². The molecular formula is C21H32O2. The Labute approximate surface area is 140 Å². The van der Waals surface area contributed by atoms with Crippen molar-refractivity contribution in [1.29, 1.82) is 0 Å². The fraction of sp³-hybridized carbons (Fsp3) is 0.857. The van der Waals surface area contributed by atoms with Crippen LogP contribution in [0.1, 0.15) is 72.6 Å². The van der Waals surface area contributed by atoms with Crippen molar-refractivity contribution in [3.63, 3.8) is 0 Å². The lowest BCUT2D eigenvalue weighted by Gasteiger charge is -2.60. The van der Waals surface area contributed by atoms with E-state index in [2.05, 4.69) is 27.7 Å². The number of hydrogen-bond donors (Lipinski definition) is 1. The van der Waals surface area contributed by atoms with Gasteiger partial charge in [-0.2, -0.15) is 0 Å². The summed E-state index contributed by atoms with van der Waals surface area (Å²) in [6.07, 6.45) is 9.39. The van der Waals surface area contributed by atoms with Gasteiger partial charge in [0.2, 0.25) is 0 Å². The average molecular weight is 316 g/mol. The molecule has 0 bridgehead atoms. The first-order chi connectivity index (χ1) is 10.7. The Morgan fingerprint density at radius 1 is 1.09 bits per heavy atom. The summed E-state index contributed by atoms with van der Waals surface area (Å²) in [5, 5.41) is 11.0. The number of carbonyl (C=O) groups is 1. The van der Waals surface area contributed by atoms with Crippen LogP contribution in [-0.2, 0) is 4.79 Å². The van der Waals surface area contributed by atoms with Crippen molar-refractivity contribution >= 4 is 5.78 Å². The molecular weight excluding hydrogens is 284 g/mol. The Hall–Kier alpha value is -0.630. The number of rotatable bonds is 0. The van der Waals surface area contributed by atoms with Crippen LogP contribution in [0.15, 0.2) is 11.6 Å². The highest BCUT2D eigenvalue weighted by Gasteiger charge is 2.63. The molecule has 0 saturated heterocycles. The molecule has 0 aromatic carbocycles. The fourth-order valence-electron chi connectivity index (χ4n) is 7.15. The van der Waals surface area contributed by atoms with E-state index in [1.54, 1.807) is 0 Å². The van der Waals surface area contributed by atoms with Crippen molar-refractivity contribution in [3.8, 4) is 0 Å². The van der Waals surface area contributed by atoms with Crippen molar-refractivity contribution in [2.45, 2.75) is 78.2 Å². The second-order valence-corrected chi connectivity index (χ2v) is 9.79. The molecule has 2 nitrogen and oxygen atoms in total. The highest BCUT2D eigenvalue weighted by molar-refractivity contribution is 5.91. The van der Waals surface area contributed by atoms with Crippen molar-refractivity contribution in [3.05, 3.63) is 11.6 Å². The van der Waals surface area contributed by atoms with E-state index < -0.39 is 5.60 Å². The van der Waals surface area contributed by atoms with Crippen LogP contribution in [0.25, 0.3) is 0 Å². The molecule has 0 heterocycles. The Balaban J connectivity index is 1.74. The monoisotopic (exact) mass is 316 g/mol. The van der Waals surface area contributed by atoms with E-state index in [0.717, 1.165) is 38.0 Å². The minimum Gasteiger partial charge on any atom is -0.390 e. The molecule has 0 aromatic heterocycles. The smallest absolute Gasteiger partial charge is 0.155 e. The molecule has 0 amide bonds. The summed E-state index contributed by atoms with van der Waals surface area (Å²) in [5.41, 5.74) is 1.27. The summed E-state index contributed by atoms with van der Waals surface area (Å²) in [6, 6.07) is 0. The fourth-order valence-corrected chi connectivity index (χ4v) is 7.15. The van der Waals surface area contributed by atoms with Crippen molar-refractivity contribution < 1.29 is 9.90 Å². The second-order valence-electron chi connectivity index (χ2n) is 9.79. The maximum atomic E-state index is 11.9. The number of allylic oxidation sites excluding steroid dienone is 1. The summed E-state index contributed by atoms with van der Waals surface area (Å²) in [7, 11) is 0. The number of ketones is 1. The summed E-state index contributed by atoms with van der Waals surface area (Å²) in [6.45, 7) is 9.26. The molecule has 4 aliphatic carbocycles. The molecule has 0 radical (unpaired) electrons. The van der Waals surface area contributed by atoms with Crippen molar-refractivity contribution in [1.82, 2.24) is 0 Å². The van der Waals surface area contributed by atoms with Gasteiger partial charge < -0.3 is 5.11 Å². The van der Waals surface area contributed by atoms with Crippen LogP contribution in [0.4, 0.5) is 0 Å². The van der Waals surface area contributed by atoms with Gasteiger partial charge in [0.05, 0.1) is 5.60 Å². The zero-order valence-electron chi connectivity index (χ0n) is 15.2. The summed E-state index contributed by atoms with van der Waals surface area (Å²) in [4.78, 5) is 11.9. The lowest BCUT2D eigenvalue weighted by atomic mass is 9.44. The average Bonchev–Trinajstić information content (AvgIpc) is 2.72. The van der Waals surface area contributed by atoms with Crippen LogP contribution >= 0.6 is 0 Å². The molecule has 23 heavy (non-hydrogen) atoms. The van der Waals surface area contributed by atoms with Gasteiger partial charge in [-0.25, -0.2) is 0 Å². The third kappa shape index (κ3) is 1.94. The van der Waals surface area contributed by atoms with E-state index in [9.17, 15) is 9.90 Å². The normalized spacial score (nSPS) is 55.7. The third-order valence-corrected chi connectivity index (χ3v) is 8.87. The predicted molar refractivity (Wildman–Crippen MR) is 91.9 cm³/mol. The molecule has 0 aromatic rings. The lowest BCUT2D eigenvalue weighted by molar-refractivity contribution is -0.132. The molecule has 1 N–H and O–H groups in total. The first kappa shape index (κ1) is 15.9. The molecule has 128 valence electrons. The quantitative estimate of drug-likeness (QED) is 0.713. The molecule has 4 aliphatic rings. The molecule has 0 spiro atoms. The topological polar surface area (TPSA) is 37.3 Å². The van der Waals surface area contributed by atoms with Crippen molar-refractivity contribution in [2.75, 3.05) is 0 Å². The first-order valence-corrected chi connectivity index (χ1v) is 9.65. The number of fused-ring (bicyclic) bond motifs is 5. The minimum absolute atomic E-state index is 0.0878. The van der Waals surface area contributed by atoms with Gasteiger partial charge in [-0.1, -0.05) is 26.3 Å². The largest absolute Gasteiger partial charge is 0.390 e. The van der Waals surface area contributed by atoms with Gasteiger partial charge >= 0.3 is 0 Å². The predicted octanol–water partition coefficient (Wildman–Crippen LogP) is 4.52. The summed E-state index contributed by atoms with van der Waals surface area (Å²) >= 11 is 0. The first-order valence-electron chi connectivity index (χ1n) is 9.65. The van der Waals surface area contributed by atoms with E-state index >= 15 is 0 Å². The SMILES string of the molecule is C[C@H]1CC2=CC(=O)CC[C@]2(C)[C@H]2CC[C@@]3(C)[C@@H](CC[C@@]3(C)O)[C@H]12. The maximum Gasteiger partial charge on any atom is 0.155 e. The Morgan fingerprint density at radius 3 is 2.52 bits per heavy atom. The van der Waals surface area contributed by atoms with E-state index in [1.165, 1.54) is 18.4 Å². The van der Waals surface area contributed by atoms with Gasteiger partial charge in [0, 0.05) is 6.42 Å². The highest BCUT2D eigenvalue weighted by Crippen LogP contribution is 2.68. The Morgan fingerprint density at radius 2 is 1.78 bits per heavy atom. The molecule has 3 fully saturated rings. The van der Waals surface area contributed by atoms with E-state index in [4.69, 9.17) is 0 Å². The van der Waals surface area contributed by atoms with Crippen LogP contribution in [0.2, 0.25) is 0 Å². The van der Waals surface area contributed by atoms with Gasteiger partial charge in [0.1, 0.15) is 0 Å². The molecule has 0 unspecified atom stereocenters. The Kier molecular flexibility index (Phi) is 3.25. The van der Waals surface area contributed by atoms with Crippen molar-refractivity contribution in [2.24, 2.45) is 34.5 Å². The van der Waals surface area contributed by atoms with Crippen LogP contribution in [0, 0.1) is 34.5 Å². The maximum absolute atomic E-state index is 11.9. The van der Waals surface area contributed by atoms with Crippen LogP contribution in [0.3, 0.4) is 0 Å². The van der Waals surface area contributed by atoms with Gasteiger partial charge in [0.25, 0.3) is 0 Å². The number of carbonyl (C=O) groups excluding carboxylic acids is 1. The minimum atomic E-state index is -0.498. The summed E-state index contributed by atoms with van der Waals surface area (Å²) < 4.78 is 0. The third-order valence-electron chi connectivity index (χ3n) is 8.87. The van der Waals surface area contributed by atoms with Gasteiger partial charge in [0.15, 0.2) is 5.78 Å². The zero-order chi connectivity index (χ0) is 16.6. The van der Waals surface area contributed by atoms with Gasteiger partial charge in [-0.3, -0.25) is 4.79 Å². The second kappa shape index (κ2) is 4.71.